The third-order valence-electron chi connectivity index (χ3n) is 7.98. The van der Waals surface area contributed by atoms with Gasteiger partial charge >= 0.3 is 0 Å². The van der Waals surface area contributed by atoms with Crippen LogP contribution < -0.4 is 16.4 Å². The van der Waals surface area contributed by atoms with Gasteiger partial charge in [0.15, 0.2) is 0 Å². The number of benzene rings is 5. The molecule has 2 heteroatoms. The molecule has 172 valence electrons. The molecule has 0 heterocycles. The molecule has 5 aromatic rings. The molecule has 0 bridgehead atoms. The predicted molar refractivity (Wildman–Crippen MR) is 157 cm³/mol. The summed E-state index contributed by atoms with van der Waals surface area (Å²) in [6, 6.07) is 36.3. The average molecular weight is 470 g/mol. The van der Waals surface area contributed by atoms with Gasteiger partial charge in [-0.05, 0) is 76.6 Å². The molecule has 0 amide bonds. The second-order valence-corrected chi connectivity index (χ2v) is 10.8. The monoisotopic (exact) mass is 470 g/mol. The molecule has 1 aliphatic rings. The molecule has 6 rings (SSSR count). The molecule has 0 nitrogen and oxygen atoms in total. The highest BCUT2D eigenvalue weighted by atomic mass is 32.1. The van der Waals surface area contributed by atoms with Crippen molar-refractivity contribution in [3.8, 4) is 0 Å². The summed E-state index contributed by atoms with van der Waals surface area (Å²) < 4.78 is 0. The van der Waals surface area contributed by atoms with Gasteiger partial charge in [0.05, 0.1) is 0 Å². The maximum Gasteiger partial charge on any atom is 0.242 e. The Morgan fingerprint density at radius 3 is 2.14 bits per heavy atom. The zero-order chi connectivity index (χ0) is 23.8. The smallest absolute Gasteiger partial charge is 0.143 e. The van der Waals surface area contributed by atoms with Gasteiger partial charge in [-0.15, -0.1) is 12.6 Å². The minimum atomic E-state index is 0.161. The van der Waals surface area contributed by atoms with Crippen LogP contribution in [0.2, 0.25) is 0 Å². The molecule has 1 aliphatic carbocycles. The lowest BCUT2D eigenvalue weighted by molar-refractivity contribution is 0.443. The van der Waals surface area contributed by atoms with E-state index in [2.05, 4.69) is 104 Å². The average Bonchev–Trinajstić information content (AvgIpc) is 2.90. The van der Waals surface area contributed by atoms with E-state index in [-0.39, 0.29) is 6.71 Å². The largest absolute Gasteiger partial charge is 0.242 e. The van der Waals surface area contributed by atoms with Gasteiger partial charge in [-0.25, -0.2) is 0 Å². The molecular weight excluding hydrogens is 439 g/mol. The summed E-state index contributed by atoms with van der Waals surface area (Å²) in [5.74, 6) is 0.726. The molecule has 0 N–H and O–H groups in total. The van der Waals surface area contributed by atoms with E-state index in [1.54, 1.807) is 0 Å². The second kappa shape index (κ2) is 9.59. The number of hydrogen-bond acceptors (Lipinski definition) is 1. The Morgan fingerprint density at radius 1 is 0.657 bits per heavy atom. The lowest BCUT2D eigenvalue weighted by Gasteiger charge is -2.23. The molecule has 0 radical (unpaired) electrons. The number of fused-ring (bicyclic) bond motifs is 2. The normalized spacial score (nSPS) is 14.5. The van der Waals surface area contributed by atoms with E-state index in [0.29, 0.717) is 0 Å². The van der Waals surface area contributed by atoms with Crippen molar-refractivity contribution >= 4 is 57.3 Å². The van der Waals surface area contributed by atoms with Crippen LogP contribution in [0, 0.1) is 6.92 Å². The van der Waals surface area contributed by atoms with Crippen molar-refractivity contribution in [2.45, 2.75) is 49.8 Å². The standard InChI is InChI=1S/C33H31BS/c1-23-9-8-12-26-20-32-27(21-31(23)26)19-30(35)22-33(32)34(28-13-6-3-7-14-28)29-17-15-25(16-18-29)24-10-4-2-5-11-24/h3,6-9,12-22,24,35H,2,4-5,10-11H2,1H3. The van der Waals surface area contributed by atoms with E-state index in [0.717, 1.165) is 10.8 Å². The molecule has 0 aliphatic heterocycles. The van der Waals surface area contributed by atoms with Gasteiger partial charge in [0.25, 0.3) is 0 Å². The molecule has 5 aromatic carbocycles. The molecule has 1 fully saturated rings. The quantitative estimate of drug-likeness (QED) is 0.161. The lowest BCUT2D eigenvalue weighted by Crippen LogP contribution is -2.52. The highest BCUT2D eigenvalue weighted by molar-refractivity contribution is 7.80. The third-order valence-corrected chi connectivity index (χ3v) is 8.23. The Balaban J connectivity index is 1.53. The van der Waals surface area contributed by atoms with Gasteiger partial charge in [-0.2, -0.15) is 0 Å². The summed E-state index contributed by atoms with van der Waals surface area (Å²) in [5, 5.41) is 5.18. The Bertz CT molecular complexity index is 1480. The molecule has 35 heavy (non-hydrogen) atoms. The summed E-state index contributed by atoms with van der Waals surface area (Å²) in [6.07, 6.45) is 6.80. The molecule has 0 aromatic heterocycles. The third kappa shape index (κ3) is 4.41. The van der Waals surface area contributed by atoms with Crippen LogP contribution in [-0.2, 0) is 0 Å². The minimum Gasteiger partial charge on any atom is -0.143 e. The van der Waals surface area contributed by atoms with Crippen LogP contribution in [0.15, 0.2) is 102 Å². The highest BCUT2D eigenvalue weighted by Crippen LogP contribution is 2.32. The second-order valence-electron chi connectivity index (χ2n) is 10.2. The maximum absolute atomic E-state index is 4.86. The zero-order valence-corrected chi connectivity index (χ0v) is 21.3. The Hall–Kier alpha value is -2.97. The maximum atomic E-state index is 4.86. The van der Waals surface area contributed by atoms with E-state index in [1.807, 2.05) is 0 Å². The first kappa shape index (κ1) is 22.5. The van der Waals surface area contributed by atoms with Crippen molar-refractivity contribution in [3.05, 3.63) is 108 Å². The van der Waals surface area contributed by atoms with Crippen molar-refractivity contribution in [2.75, 3.05) is 0 Å². The van der Waals surface area contributed by atoms with Gasteiger partial charge in [0.1, 0.15) is 0 Å². The van der Waals surface area contributed by atoms with E-state index in [4.69, 9.17) is 12.6 Å². The van der Waals surface area contributed by atoms with Crippen LogP contribution in [0.25, 0.3) is 21.5 Å². The minimum absolute atomic E-state index is 0.161. The molecule has 0 spiro atoms. The molecule has 0 saturated heterocycles. The summed E-state index contributed by atoms with van der Waals surface area (Å²) in [7, 11) is 0. The van der Waals surface area contributed by atoms with Crippen molar-refractivity contribution in [3.63, 3.8) is 0 Å². The number of hydrogen-bond donors (Lipinski definition) is 1. The van der Waals surface area contributed by atoms with E-state index < -0.39 is 0 Å². The first-order valence-electron chi connectivity index (χ1n) is 13.0. The fourth-order valence-electron chi connectivity index (χ4n) is 6.14. The van der Waals surface area contributed by atoms with Gasteiger partial charge in [0, 0.05) is 4.90 Å². The fourth-order valence-corrected chi connectivity index (χ4v) is 6.42. The summed E-state index contributed by atoms with van der Waals surface area (Å²) in [4.78, 5) is 1.01. The first-order valence-corrected chi connectivity index (χ1v) is 13.4. The summed E-state index contributed by atoms with van der Waals surface area (Å²) in [5.41, 5.74) is 6.82. The van der Waals surface area contributed by atoms with Gasteiger partial charge < -0.3 is 0 Å². The van der Waals surface area contributed by atoms with Crippen LogP contribution >= 0.6 is 12.6 Å². The van der Waals surface area contributed by atoms with E-state index in [9.17, 15) is 0 Å². The lowest BCUT2D eigenvalue weighted by atomic mass is 9.36. The van der Waals surface area contributed by atoms with Crippen molar-refractivity contribution < 1.29 is 0 Å². The van der Waals surface area contributed by atoms with Gasteiger partial charge in [-0.3, -0.25) is 0 Å². The molecule has 0 unspecified atom stereocenters. The van der Waals surface area contributed by atoms with Crippen molar-refractivity contribution in [2.24, 2.45) is 0 Å². The van der Waals surface area contributed by atoms with Crippen LogP contribution in [-0.4, -0.2) is 6.71 Å². The first-order chi connectivity index (χ1) is 17.2. The van der Waals surface area contributed by atoms with E-state index >= 15 is 0 Å². The van der Waals surface area contributed by atoms with Crippen LogP contribution in [0.3, 0.4) is 0 Å². The van der Waals surface area contributed by atoms with Crippen molar-refractivity contribution in [1.29, 1.82) is 0 Å². The van der Waals surface area contributed by atoms with Gasteiger partial charge in [0.2, 0.25) is 6.71 Å². The fraction of sp³-hybridized carbons (Fsp3) is 0.212. The molecular formula is C33H31BS. The van der Waals surface area contributed by atoms with Gasteiger partial charge in [-0.1, -0.05) is 115 Å². The number of rotatable bonds is 4. The Labute approximate surface area is 214 Å². The highest BCUT2D eigenvalue weighted by Gasteiger charge is 2.25. The number of aryl methyl sites for hydroxylation is 1. The molecule has 1 saturated carbocycles. The summed E-state index contributed by atoms with van der Waals surface area (Å²) >= 11 is 4.86. The number of thiol groups is 1. The van der Waals surface area contributed by atoms with E-state index in [1.165, 1.54) is 81.2 Å². The SMILES string of the molecule is Cc1cccc2cc3c(B(c4ccccc4)c4ccc(C5CCCCC5)cc4)cc(S)cc3cc12. The van der Waals surface area contributed by atoms with Crippen LogP contribution in [0.1, 0.15) is 49.1 Å². The van der Waals surface area contributed by atoms with Crippen LogP contribution in [0.5, 0.6) is 0 Å². The predicted octanol–water partition coefficient (Wildman–Crippen LogP) is 7.15. The molecule has 0 atom stereocenters. The Morgan fingerprint density at radius 2 is 1.37 bits per heavy atom. The zero-order valence-electron chi connectivity index (χ0n) is 20.4. The van der Waals surface area contributed by atoms with Crippen molar-refractivity contribution in [1.82, 2.24) is 0 Å². The Kier molecular flexibility index (Phi) is 6.16. The summed E-state index contributed by atoms with van der Waals surface area (Å²) in [6.45, 7) is 2.36. The topological polar surface area (TPSA) is 0 Å². The van der Waals surface area contributed by atoms with Crippen LogP contribution in [0.4, 0.5) is 0 Å².